The number of nitrogens with zero attached hydrogens (tertiary/aromatic N) is 1. The molecule has 2 aromatic rings. The Morgan fingerprint density at radius 1 is 1.10 bits per heavy atom. The third-order valence-electron chi connectivity index (χ3n) is 8.47. The van der Waals surface area contributed by atoms with Crippen LogP contribution >= 0.6 is 0 Å². The lowest BCUT2D eigenvalue weighted by Gasteiger charge is -2.44. The van der Waals surface area contributed by atoms with Crippen LogP contribution in [0, 0.1) is 0 Å². The van der Waals surface area contributed by atoms with Crippen molar-refractivity contribution >= 4 is 11.6 Å². The minimum absolute atomic E-state index is 0.0118. The zero-order valence-corrected chi connectivity index (χ0v) is 22.7. The fraction of sp³-hybridized carbons (Fsp3) is 0.517. The summed E-state index contributed by atoms with van der Waals surface area (Å²) in [7, 11) is 5.07. The molecule has 0 bridgehead atoms. The number of hydrogen-bond donors (Lipinski definition) is 4. The predicted octanol–water partition coefficient (Wildman–Crippen LogP) is 2.45. The monoisotopic (exact) mass is 541 g/mol. The van der Waals surface area contributed by atoms with E-state index in [0.717, 1.165) is 0 Å². The van der Waals surface area contributed by atoms with Crippen LogP contribution in [-0.2, 0) is 15.9 Å². The fourth-order valence-corrected chi connectivity index (χ4v) is 6.19. The zero-order valence-electron chi connectivity index (χ0n) is 22.7. The van der Waals surface area contributed by atoms with Gasteiger partial charge >= 0.3 is 0 Å². The standard InChI is InChI=1S/C29H35NO9/c1-6-29(36)11-15-21(18(12-29)39-19-10-16(30(3)4)24(31)13(2)38-19)28(35)23-22(26(15)33)25(32)14-8-7-9-17(37-5)20(14)27(23)34/h7-9,13,16,18-19,24,31,33,35-36H,6,10-12H2,1-5H3/t13-,16-,18-,19-,24+,29-/m0/s1. The highest BCUT2D eigenvalue weighted by molar-refractivity contribution is 6.31. The van der Waals surface area contributed by atoms with Crippen molar-refractivity contribution in [2.45, 2.75) is 75.8 Å². The molecule has 10 heteroatoms. The molecule has 1 heterocycles. The molecule has 10 nitrogen and oxygen atoms in total. The second-order valence-electron chi connectivity index (χ2n) is 11.0. The van der Waals surface area contributed by atoms with E-state index in [9.17, 15) is 30.0 Å². The number of phenols is 2. The number of carbonyl (C=O) groups excluding carboxylic acids is 2. The smallest absolute Gasteiger partial charge is 0.202 e. The molecule has 6 atom stereocenters. The van der Waals surface area contributed by atoms with Crippen molar-refractivity contribution in [2.75, 3.05) is 21.2 Å². The summed E-state index contributed by atoms with van der Waals surface area (Å²) in [5.41, 5.74) is -1.54. The molecule has 1 saturated heterocycles. The van der Waals surface area contributed by atoms with Crippen LogP contribution in [-0.4, -0.2) is 88.2 Å². The van der Waals surface area contributed by atoms with Crippen LogP contribution in [0.3, 0.4) is 0 Å². The third kappa shape index (κ3) is 4.31. The van der Waals surface area contributed by atoms with Crippen LogP contribution in [0.1, 0.15) is 82.2 Å². The number of fused-ring (bicyclic) bond motifs is 3. The van der Waals surface area contributed by atoms with Crippen molar-refractivity contribution in [2.24, 2.45) is 0 Å². The highest BCUT2D eigenvalue weighted by atomic mass is 16.7. The van der Waals surface area contributed by atoms with E-state index in [4.69, 9.17) is 14.2 Å². The largest absolute Gasteiger partial charge is 0.507 e. The lowest BCUT2D eigenvalue weighted by molar-refractivity contribution is -0.257. The Labute approximate surface area is 226 Å². The van der Waals surface area contributed by atoms with Gasteiger partial charge in [0.2, 0.25) is 5.78 Å². The van der Waals surface area contributed by atoms with E-state index in [2.05, 4.69) is 0 Å². The van der Waals surface area contributed by atoms with E-state index in [1.807, 2.05) is 19.0 Å². The SMILES string of the molecule is CC[C@]1(O)Cc2c(O)c3c(c(O)c2[C@@H](O[C@H]2C[C@H](N(C)C)[C@H](O)[C@H](C)O2)C1)C(=O)c1c(OC)cccc1C3=O. The number of hydrogen-bond acceptors (Lipinski definition) is 10. The van der Waals surface area contributed by atoms with Crippen molar-refractivity contribution in [3.05, 3.63) is 51.6 Å². The molecule has 0 spiro atoms. The van der Waals surface area contributed by atoms with Gasteiger partial charge in [-0.1, -0.05) is 19.1 Å². The van der Waals surface area contributed by atoms with Gasteiger partial charge in [-0.2, -0.15) is 0 Å². The number of aliphatic hydroxyl groups excluding tert-OH is 1. The number of ether oxygens (including phenoxy) is 3. The maximum Gasteiger partial charge on any atom is 0.202 e. The van der Waals surface area contributed by atoms with Crippen molar-refractivity contribution in [1.29, 1.82) is 0 Å². The van der Waals surface area contributed by atoms with E-state index in [0.29, 0.717) is 12.8 Å². The number of methoxy groups -OCH3 is 1. The van der Waals surface area contributed by atoms with Gasteiger partial charge in [0.05, 0.1) is 47.7 Å². The Morgan fingerprint density at radius 3 is 2.44 bits per heavy atom. The van der Waals surface area contributed by atoms with E-state index in [1.165, 1.54) is 13.2 Å². The molecular formula is C29H35NO9. The molecule has 1 fully saturated rings. The van der Waals surface area contributed by atoms with Crippen LogP contribution in [0.25, 0.3) is 0 Å². The van der Waals surface area contributed by atoms with Gasteiger partial charge in [0, 0.05) is 42.0 Å². The molecule has 5 rings (SSSR count). The van der Waals surface area contributed by atoms with Crippen LogP contribution < -0.4 is 4.74 Å². The predicted molar refractivity (Wildman–Crippen MR) is 139 cm³/mol. The Bertz CT molecular complexity index is 1340. The van der Waals surface area contributed by atoms with E-state index >= 15 is 0 Å². The summed E-state index contributed by atoms with van der Waals surface area (Å²) in [6.07, 6.45) is -2.40. The van der Waals surface area contributed by atoms with Crippen molar-refractivity contribution in [1.82, 2.24) is 4.90 Å². The average Bonchev–Trinajstić information content (AvgIpc) is 2.90. The van der Waals surface area contributed by atoms with Crippen LogP contribution in [0.5, 0.6) is 17.2 Å². The van der Waals surface area contributed by atoms with Crippen molar-refractivity contribution in [3.63, 3.8) is 0 Å². The summed E-state index contributed by atoms with van der Waals surface area (Å²) in [4.78, 5) is 29.2. The number of benzene rings is 2. The molecule has 39 heavy (non-hydrogen) atoms. The lowest BCUT2D eigenvalue weighted by atomic mass is 9.72. The van der Waals surface area contributed by atoms with Gasteiger partial charge < -0.3 is 39.5 Å². The van der Waals surface area contributed by atoms with Gasteiger partial charge in [-0.15, -0.1) is 0 Å². The van der Waals surface area contributed by atoms with E-state index in [1.54, 1.807) is 26.0 Å². The Balaban J connectivity index is 1.64. The van der Waals surface area contributed by atoms with E-state index < -0.39 is 53.3 Å². The highest BCUT2D eigenvalue weighted by Gasteiger charge is 2.47. The first-order chi connectivity index (χ1) is 18.4. The summed E-state index contributed by atoms with van der Waals surface area (Å²) in [5, 5.41) is 45.0. The minimum atomic E-state index is -1.31. The van der Waals surface area contributed by atoms with Gasteiger partial charge in [0.25, 0.3) is 0 Å². The number of likely N-dealkylation sites (N-methyl/N-ethyl adjacent to an activating group) is 1. The molecule has 0 unspecified atom stereocenters. The molecule has 0 radical (unpaired) electrons. The normalized spacial score (nSPS) is 30.1. The number of aliphatic hydroxyl groups is 2. The van der Waals surface area contributed by atoms with Gasteiger partial charge in [0.15, 0.2) is 12.1 Å². The first-order valence-electron chi connectivity index (χ1n) is 13.2. The molecule has 4 N–H and O–H groups in total. The summed E-state index contributed by atoms with van der Waals surface area (Å²) < 4.78 is 17.6. The molecule has 0 saturated carbocycles. The maximum absolute atomic E-state index is 13.7. The summed E-state index contributed by atoms with van der Waals surface area (Å²) >= 11 is 0. The van der Waals surface area contributed by atoms with Gasteiger partial charge in [-0.25, -0.2) is 0 Å². The topological polar surface area (TPSA) is 146 Å². The summed E-state index contributed by atoms with van der Waals surface area (Å²) in [6.45, 7) is 3.54. The van der Waals surface area contributed by atoms with Crippen LogP contribution in [0.15, 0.2) is 18.2 Å². The maximum atomic E-state index is 13.7. The molecule has 2 aromatic carbocycles. The van der Waals surface area contributed by atoms with Crippen LogP contribution in [0.2, 0.25) is 0 Å². The van der Waals surface area contributed by atoms with E-state index in [-0.39, 0.29) is 58.0 Å². The Morgan fingerprint density at radius 2 is 1.79 bits per heavy atom. The van der Waals surface area contributed by atoms with Gasteiger partial charge in [0.1, 0.15) is 17.2 Å². The number of carbonyl (C=O) groups is 2. The molecule has 1 aliphatic heterocycles. The number of ketones is 2. The quantitative estimate of drug-likeness (QED) is 0.355. The second kappa shape index (κ2) is 9.87. The molecule has 210 valence electrons. The second-order valence-corrected chi connectivity index (χ2v) is 11.0. The molecular weight excluding hydrogens is 506 g/mol. The Kier molecular flexibility index (Phi) is 6.97. The van der Waals surface area contributed by atoms with Gasteiger partial charge in [-0.3, -0.25) is 9.59 Å². The van der Waals surface area contributed by atoms with Crippen molar-refractivity contribution in [3.8, 4) is 17.2 Å². The fourth-order valence-electron chi connectivity index (χ4n) is 6.19. The first kappa shape index (κ1) is 27.5. The molecule has 2 aliphatic carbocycles. The number of aromatic hydroxyl groups is 2. The van der Waals surface area contributed by atoms with Crippen molar-refractivity contribution < 1.29 is 44.2 Å². The first-order valence-corrected chi connectivity index (χ1v) is 13.2. The average molecular weight is 542 g/mol. The minimum Gasteiger partial charge on any atom is -0.507 e. The molecule has 3 aliphatic rings. The summed E-state index contributed by atoms with van der Waals surface area (Å²) in [5.74, 6) is -2.02. The molecule has 0 aromatic heterocycles. The highest BCUT2D eigenvalue weighted by Crippen LogP contribution is 2.52. The molecule has 0 amide bonds. The third-order valence-corrected chi connectivity index (χ3v) is 8.47. The summed E-state index contributed by atoms with van der Waals surface area (Å²) in [6, 6.07) is 4.34. The Hall–Kier alpha value is -3.02. The number of rotatable bonds is 5. The lowest BCUT2D eigenvalue weighted by Crippen LogP contribution is -2.53. The van der Waals surface area contributed by atoms with Crippen LogP contribution in [0.4, 0.5) is 0 Å². The zero-order chi connectivity index (χ0) is 28.4. The number of phenolic OH excluding ortho intramolecular Hbond substituents is 2. The van der Waals surface area contributed by atoms with Gasteiger partial charge in [-0.05, 0) is 33.5 Å².